The fourth-order valence-electron chi connectivity index (χ4n) is 1.74. The van der Waals surface area contributed by atoms with E-state index in [2.05, 4.69) is 36.6 Å². The number of carbonyl (C=O) groups excluding carboxylic acids is 1. The normalized spacial score (nSPS) is 12.4. The molecule has 1 amide bonds. The van der Waals surface area contributed by atoms with Gasteiger partial charge in [-0.2, -0.15) is 0 Å². The predicted octanol–water partition coefficient (Wildman–Crippen LogP) is 2.08. The maximum Gasteiger partial charge on any atom is 0.236 e. The van der Waals surface area contributed by atoms with Gasteiger partial charge in [0.2, 0.25) is 5.91 Å². The van der Waals surface area contributed by atoms with Crippen LogP contribution in [0.2, 0.25) is 0 Å². The van der Waals surface area contributed by atoms with Crippen molar-refractivity contribution in [3.63, 3.8) is 0 Å². The number of rotatable bonds is 8. The van der Waals surface area contributed by atoms with Crippen molar-refractivity contribution in [3.8, 4) is 0 Å². The molecule has 1 aromatic rings. The van der Waals surface area contributed by atoms with Crippen LogP contribution in [0.15, 0.2) is 24.3 Å². The lowest BCUT2D eigenvalue weighted by Crippen LogP contribution is -2.42. The maximum atomic E-state index is 11.8. The minimum absolute atomic E-state index is 0.0507. The molecule has 2 N–H and O–H groups in total. The lowest BCUT2D eigenvalue weighted by Gasteiger charge is -2.15. The van der Waals surface area contributed by atoms with Crippen LogP contribution in [-0.4, -0.2) is 25.6 Å². The molecule has 0 bridgehead atoms. The molecule has 0 fully saturated rings. The molecule has 0 saturated heterocycles. The first-order valence-corrected chi connectivity index (χ1v) is 7.10. The Kier molecular flexibility index (Phi) is 7.26. The molecule has 1 unspecified atom stereocenters. The van der Waals surface area contributed by atoms with E-state index in [1.165, 1.54) is 0 Å². The van der Waals surface area contributed by atoms with E-state index >= 15 is 0 Å². The Bertz CT molecular complexity index is 401. The Balaban J connectivity index is 2.36. The number of nitrogens with one attached hydrogen (secondary N) is 2. The molecule has 0 heterocycles. The highest BCUT2D eigenvalue weighted by atomic mass is 16.5. The highest BCUT2D eigenvalue weighted by Gasteiger charge is 2.11. The molecular formula is C16H26N2O2. The zero-order valence-corrected chi connectivity index (χ0v) is 12.9. The van der Waals surface area contributed by atoms with Crippen molar-refractivity contribution in [2.24, 2.45) is 5.92 Å². The summed E-state index contributed by atoms with van der Waals surface area (Å²) in [7, 11) is 1.69. The predicted molar refractivity (Wildman–Crippen MR) is 81.3 cm³/mol. The average molecular weight is 278 g/mol. The van der Waals surface area contributed by atoms with Gasteiger partial charge in [-0.25, -0.2) is 0 Å². The number of hydrogen-bond acceptors (Lipinski definition) is 3. The molecule has 4 nitrogen and oxygen atoms in total. The van der Waals surface area contributed by atoms with Crippen molar-refractivity contribution in [3.05, 3.63) is 35.4 Å². The standard InChI is InChI=1S/C16H26N2O2/c1-12(2)9-18-16(19)13(3)17-10-14-5-7-15(8-6-14)11-20-4/h5-8,12-13,17H,9-11H2,1-4H3,(H,18,19). The molecule has 0 spiro atoms. The van der Waals surface area contributed by atoms with Gasteiger partial charge in [-0.3, -0.25) is 4.79 Å². The number of carbonyl (C=O) groups is 1. The summed E-state index contributed by atoms with van der Waals surface area (Å²) < 4.78 is 5.08. The van der Waals surface area contributed by atoms with Gasteiger partial charge in [0.05, 0.1) is 12.6 Å². The molecule has 0 saturated carbocycles. The molecule has 0 aliphatic carbocycles. The zero-order valence-electron chi connectivity index (χ0n) is 12.9. The Labute approximate surface area is 121 Å². The quantitative estimate of drug-likeness (QED) is 0.765. The molecule has 4 heteroatoms. The largest absolute Gasteiger partial charge is 0.380 e. The SMILES string of the molecule is COCc1ccc(CNC(C)C(=O)NCC(C)C)cc1. The van der Waals surface area contributed by atoms with Gasteiger partial charge in [0.15, 0.2) is 0 Å². The first-order valence-electron chi connectivity index (χ1n) is 7.10. The Morgan fingerprint density at radius 1 is 1.15 bits per heavy atom. The van der Waals surface area contributed by atoms with E-state index in [-0.39, 0.29) is 11.9 Å². The van der Waals surface area contributed by atoms with Crippen molar-refractivity contribution in [2.45, 2.75) is 40.0 Å². The summed E-state index contributed by atoms with van der Waals surface area (Å²) in [4.78, 5) is 11.8. The van der Waals surface area contributed by atoms with Crippen molar-refractivity contribution >= 4 is 5.91 Å². The van der Waals surface area contributed by atoms with Crippen molar-refractivity contribution < 1.29 is 9.53 Å². The minimum Gasteiger partial charge on any atom is -0.380 e. The number of methoxy groups -OCH3 is 1. The van der Waals surface area contributed by atoms with Gasteiger partial charge in [-0.1, -0.05) is 38.1 Å². The fraction of sp³-hybridized carbons (Fsp3) is 0.562. The minimum atomic E-state index is -0.188. The van der Waals surface area contributed by atoms with Crippen LogP contribution >= 0.6 is 0 Å². The van der Waals surface area contributed by atoms with E-state index in [1.54, 1.807) is 7.11 Å². The highest BCUT2D eigenvalue weighted by molar-refractivity contribution is 5.81. The van der Waals surface area contributed by atoms with Crippen molar-refractivity contribution in [2.75, 3.05) is 13.7 Å². The first-order chi connectivity index (χ1) is 9.52. The van der Waals surface area contributed by atoms with Gasteiger partial charge >= 0.3 is 0 Å². The molecule has 0 aliphatic heterocycles. The van der Waals surface area contributed by atoms with E-state index in [9.17, 15) is 4.79 Å². The van der Waals surface area contributed by atoms with Gasteiger partial charge in [0, 0.05) is 20.2 Å². The van der Waals surface area contributed by atoms with E-state index in [1.807, 2.05) is 19.1 Å². The average Bonchev–Trinajstić information content (AvgIpc) is 2.44. The molecule has 20 heavy (non-hydrogen) atoms. The van der Waals surface area contributed by atoms with Crippen molar-refractivity contribution in [1.29, 1.82) is 0 Å². The number of hydrogen-bond donors (Lipinski definition) is 2. The first kappa shape index (κ1) is 16.7. The molecule has 1 aromatic carbocycles. The molecule has 1 atom stereocenters. The van der Waals surface area contributed by atoms with Crippen LogP contribution in [0.3, 0.4) is 0 Å². The lowest BCUT2D eigenvalue weighted by atomic mass is 10.1. The number of benzene rings is 1. The topological polar surface area (TPSA) is 50.4 Å². The molecule has 0 aromatic heterocycles. The van der Waals surface area contributed by atoms with Crippen molar-refractivity contribution in [1.82, 2.24) is 10.6 Å². The Morgan fingerprint density at radius 3 is 2.30 bits per heavy atom. The summed E-state index contributed by atoms with van der Waals surface area (Å²) in [5.74, 6) is 0.522. The maximum absolute atomic E-state index is 11.8. The summed E-state index contributed by atoms with van der Waals surface area (Å²) >= 11 is 0. The third-order valence-corrected chi connectivity index (χ3v) is 3.02. The third kappa shape index (κ3) is 6.17. The molecule has 0 aliphatic rings. The van der Waals surface area contributed by atoms with Crippen LogP contribution in [0.25, 0.3) is 0 Å². The molecular weight excluding hydrogens is 252 g/mol. The molecule has 112 valence electrons. The van der Waals surface area contributed by atoms with Crippen LogP contribution in [0, 0.1) is 5.92 Å². The summed E-state index contributed by atoms with van der Waals surface area (Å²) in [6.07, 6.45) is 0. The molecule has 0 radical (unpaired) electrons. The van der Waals surface area contributed by atoms with Gasteiger partial charge in [-0.05, 0) is 24.0 Å². The van der Waals surface area contributed by atoms with Crippen LogP contribution in [-0.2, 0) is 22.7 Å². The van der Waals surface area contributed by atoms with E-state index in [0.29, 0.717) is 19.1 Å². The second-order valence-corrected chi connectivity index (χ2v) is 5.49. The van der Waals surface area contributed by atoms with Crippen LogP contribution in [0.5, 0.6) is 0 Å². The Hall–Kier alpha value is -1.39. The van der Waals surface area contributed by atoms with Gasteiger partial charge < -0.3 is 15.4 Å². The number of ether oxygens (including phenoxy) is 1. The smallest absolute Gasteiger partial charge is 0.236 e. The fourth-order valence-corrected chi connectivity index (χ4v) is 1.74. The highest BCUT2D eigenvalue weighted by Crippen LogP contribution is 2.05. The van der Waals surface area contributed by atoms with Gasteiger partial charge in [0.1, 0.15) is 0 Å². The second-order valence-electron chi connectivity index (χ2n) is 5.49. The summed E-state index contributed by atoms with van der Waals surface area (Å²) in [6.45, 7) is 8.08. The van der Waals surface area contributed by atoms with Gasteiger partial charge in [-0.15, -0.1) is 0 Å². The second kappa shape index (κ2) is 8.72. The van der Waals surface area contributed by atoms with Gasteiger partial charge in [0.25, 0.3) is 0 Å². The van der Waals surface area contributed by atoms with Crippen LogP contribution in [0.4, 0.5) is 0 Å². The summed E-state index contributed by atoms with van der Waals surface area (Å²) in [6, 6.07) is 8.02. The number of amides is 1. The Morgan fingerprint density at radius 2 is 1.75 bits per heavy atom. The van der Waals surface area contributed by atoms with E-state index in [0.717, 1.165) is 17.7 Å². The van der Waals surface area contributed by atoms with E-state index < -0.39 is 0 Å². The third-order valence-electron chi connectivity index (χ3n) is 3.02. The molecule has 1 rings (SSSR count). The summed E-state index contributed by atoms with van der Waals surface area (Å²) in [5, 5.41) is 6.16. The van der Waals surface area contributed by atoms with E-state index in [4.69, 9.17) is 4.74 Å². The lowest BCUT2D eigenvalue weighted by molar-refractivity contribution is -0.122. The monoisotopic (exact) mass is 278 g/mol. The zero-order chi connectivity index (χ0) is 15.0. The van der Waals surface area contributed by atoms with Crippen LogP contribution < -0.4 is 10.6 Å². The van der Waals surface area contributed by atoms with Crippen LogP contribution in [0.1, 0.15) is 31.9 Å². The summed E-state index contributed by atoms with van der Waals surface area (Å²) in [5.41, 5.74) is 2.31.